The van der Waals surface area contributed by atoms with Crippen LogP contribution in [0.4, 0.5) is 4.79 Å². The number of urea groups is 1. The first-order valence-electron chi connectivity index (χ1n) is 11.3. The average molecular weight is 440 g/mol. The van der Waals surface area contributed by atoms with Gasteiger partial charge in [-0.25, -0.2) is 4.79 Å². The number of piperidine rings is 1. The van der Waals surface area contributed by atoms with E-state index in [0.29, 0.717) is 39.0 Å². The van der Waals surface area contributed by atoms with E-state index in [1.54, 1.807) is 12.0 Å². The molecule has 8 nitrogen and oxygen atoms in total. The van der Waals surface area contributed by atoms with Gasteiger partial charge in [0.1, 0.15) is 5.54 Å². The molecule has 2 fully saturated rings. The number of rotatable bonds is 8. The first-order valence-corrected chi connectivity index (χ1v) is 11.3. The van der Waals surface area contributed by atoms with Crippen LogP contribution in [0.3, 0.4) is 0 Å². The molecule has 0 unspecified atom stereocenters. The summed E-state index contributed by atoms with van der Waals surface area (Å²) in [6.45, 7) is 5.64. The molecular weight excluding hydrogens is 406 g/mol. The van der Waals surface area contributed by atoms with Crippen LogP contribution in [0.5, 0.6) is 0 Å². The minimum Gasteiger partial charge on any atom is -0.383 e. The number of hydrogen-bond donors (Lipinski definition) is 0. The van der Waals surface area contributed by atoms with E-state index in [1.807, 2.05) is 49.0 Å². The van der Waals surface area contributed by atoms with Crippen molar-refractivity contribution in [1.29, 1.82) is 0 Å². The Labute approximate surface area is 189 Å². The Hall–Kier alpha value is -2.71. The highest BCUT2D eigenvalue weighted by molar-refractivity contribution is 6.07. The average Bonchev–Trinajstić information content (AvgIpc) is 3.20. The van der Waals surface area contributed by atoms with Crippen molar-refractivity contribution >= 4 is 11.9 Å². The van der Waals surface area contributed by atoms with Crippen LogP contribution < -0.4 is 0 Å². The zero-order chi connectivity index (χ0) is 22.7. The molecule has 8 heteroatoms. The Morgan fingerprint density at radius 2 is 1.81 bits per heavy atom. The molecule has 4 rings (SSSR count). The number of carbonyl (C=O) groups excluding carboxylic acids is 2. The van der Waals surface area contributed by atoms with Gasteiger partial charge in [-0.3, -0.25) is 19.3 Å². The van der Waals surface area contributed by atoms with Crippen molar-refractivity contribution in [1.82, 2.24) is 24.5 Å². The first-order chi connectivity index (χ1) is 15.4. The normalized spacial score (nSPS) is 18.8. The summed E-state index contributed by atoms with van der Waals surface area (Å²) in [6.07, 6.45) is 4.00. The molecule has 3 heterocycles. The monoisotopic (exact) mass is 439 g/mol. The van der Waals surface area contributed by atoms with Crippen molar-refractivity contribution in [3.05, 3.63) is 53.3 Å². The Bertz CT molecular complexity index is 950. The molecule has 32 heavy (non-hydrogen) atoms. The molecule has 0 aliphatic carbocycles. The van der Waals surface area contributed by atoms with Crippen molar-refractivity contribution in [3.8, 4) is 0 Å². The van der Waals surface area contributed by atoms with Gasteiger partial charge in [0.25, 0.3) is 5.91 Å². The summed E-state index contributed by atoms with van der Waals surface area (Å²) in [5.41, 5.74) is 2.61. The highest BCUT2D eigenvalue weighted by Crippen LogP contribution is 2.37. The summed E-state index contributed by atoms with van der Waals surface area (Å²) in [5.74, 6) is -0.0493. The fourth-order valence-corrected chi connectivity index (χ4v) is 4.97. The zero-order valence-electron chi connectivity index (χ0n) is 19.3. The van der Waals surface area contributed by atoms with Crippen molar-refractivity contribution in [3.63, 3.8) is 0 Å². The fourth-order valence-electron chi connectivity index (χ4n) is 4.97. The highest BCUT2D eigenvalue weighted by Gasteiger charge is 2.57. The standard InChI is InChI=1S/C24H33N5O3/c1-19-21(17-26(2)25-19)18-27-13-10-24(11-14-27)22(30)28(23(31)29(24)15-16-32-3)12-9-20-7-5-4-6-8-20/h4-8,17H,9-16,18H2,1-3H3. The van der Waals surface area contributed by atoms with Crippen molar-refractivity contribution in [2.75, 3.05) is 39.9 Å². The van der Waals surface area contributed by atoms with Crippen LogP contribution in [-0.2, 0) is 29.5 Å². The molecule has 0 bridgehead atoms. The van der Waals surface area contributed by atoms with E-state index < -0.39 is 5.54 Å². The summed E-state index contributed by atoms with van der Waals surface area (Å²) in [4.78, 5) is 32.5. The lowest BCUT2D eigenvalue weighted by molar-refractivity contribution is -0.135. The van der Waals surface area contributed by atoms with Crippen LogP contribution in [0.15, 0.2) is 36.5 Å². The lowest BCUT2D eigenvalue weighted by Crippen LogP contribution is -2.57. The summed E-state index contributed by atoms with van der Waals surface area (Å²) in [5, 5.41) is 4.43. The number of likely N-dealkylation sites (tertiary alicyclic amines) is 1. The number of aromatic nitrogens is 2. The number of hydrogen-bond acceptors (Lipinski definition) is 5. The molecule has 0 radical (unpaired) electrons. The van der Waals surface area contributed by atoms with Gasteiger partial charge in [-0.15, -0.1) is 0 Å². The maximum Gasteiger partial charge on any atom is 0.327 e. The molecular formula is C24H33N5O3. The Balaban J connectivity index is 1.47. The summed E-state index contributed by atoms with van der Waals surface area (Å²) in [6, 6.07) is 9.81. The molecule has 1 aromatic carbocycles. The molecule has 172 valence electrons. The molecule has 3 amide bonds. The third-order valence-electron chi connectivity index (χ3n) is 6.80. The summed E-state index contributed by atoms with van der Waals surface area (Å²) in [7, 11) is 3.56. The van der Waals surface area contributed by atoms with Crippen LogP contribution in [0.1, 0.15) is 29.7 Å². The van der Waals surface area contributed by atoms with Gasteiger partial charge < -0.3 is 9.64 Å². The Morgan fingerprint density at radius 1 is 1.09 bits per heavy atom. The predicted molar refractivity (Wildman–Crippen MR) is 121 cm³/mol. The number of imide groups is 1. The second-order valence-electron chi connectivity index (χ2n) is 8.84. The zero-order valence-corrected chi connectivity index (χ0v) is 19.3. The van der Waals surface area contributed by atoms with E-state index in [2.05, 4.69) is 16.2 Å². The van der Waals surface area contributed by atoms with E-state index in [4.69, 9.17) is 4.74 Å². The quantitative estimate of drug-likeness (QED) is 0.590. The molecule has 1 aromatic heterocycles. The summed E-state index contributed by atoms with van der Waals surface area (Å²) < 4.78 is 7.10. The number of amides is 3. The third kappa shape index (κ3) is 4.29. The van der Waals surface area contributed by atoms with E-state index in [-0.39, 0.29) is 11.9 Å². The highest BCUT2D eigenvalue weighted by atomic mass is 16.5. The third-order valence-corrected chi connectivity index (χ3v) is 6.80. The number of ether oxygens (including phenoxy) is 1. The van der Waals surface area contributed by atoms with Crippen LogP contribution in [-0.4, -0.2) is 81.9 Å². The molecule has 0 N–H and O–H groups in total. The number of nitrogens with zero attached hydrogens (tertiary/aromatic N) is 5. The Morgan fingerprint density at radius 3 is 2.44 bits per heavy atom. The second kappa shape index (κ2) is 9.42. The predicted octanol–water partition coefficient (Wildman–Crippen LogP) is 2.22. The minimum atomic E-state index is -0.757. The lowest BCUT2D eigenvalue weighted by Gasteiger charge is -2.42. The van der Waals surface area contributed by atoms with Crippen LogP contribution in [0, 0.1) is 6.92 Å². The van der Waals surface area contributed by atoms with Crippen molar-refractivity contribution in [2.45, 2.75) is 38.3 Å². The molecule has 2 aliphatic rings. The van der Waals surface area contributed by atoms with Gasteiger partial charge in [-0.2, -0.15) is 5.10 Å². The van der Waals surface area contributed by atoms with Gasteiger partial charge in [0.05, 0.1) is 12.3 Å². The second-order valence-corrected chi connectivity index (χ2v) is 8.84. The van der Waals surface area contributed by atoms with Gasteiger partial charge in [-0.1, -0.05) is 30.3 Å². The van der Waals surface area contributed by atoms with Crippen LogP contribution in [0.25, 0.3) is 0 Å². The molecule has 0 atom stereocenters. The van der Waals surface area contributed by atoms with Gasteiger partial charge >= 0.3 is 6.03 Å². The van der Waals surface area contributed by atoms with E-state index in [1.165, 1.54) is 10.5 Å². The molecule has 1 spiro atoms. The smallest absolute Gasteiger partial charge is 0.327 e. The molecule has 2 saturated heterocycles. The van der Waals surface area contributed by atoms with E-state index >= 15 is 0 Å². The van der Waals surface area contributed by atoms with Crippen molar-refractivity contribution in [2.24, 2.45) is 7.05 Å². The molecule has 2 aromatic rings. The van der Waals surface area contributed by atoms with Crippen LogP contribution in [0.2, 0.25) is 0 Å². The first kappa shape index (κ1) is 22.5. The van der Waals surface area contributed by atoms with E-state index in [0.717, 1.165) is 30.9 Å². The minimum absolute atomic E-state index is 0.0493. The molecule has 0 saturated carbocycles. The molecule has 2 aliphatic heterocycles. The SMILES string of the molecule is COCCN1C(=O)N(CCc2ccccc2)C(=O)C12CCN(Cc1cn(C)nc1C)CC2. The van der Waals surface area contributed by atoms with Crippen LogP contribution >= 0.6 is 0 Å². The largest absolute Gasteiger partial charge is 0.383 e. The number of carbonyl (C=O) groups is 2. The van der Waals surface area contributed by atoms with E-state index in [9.17, 15) is 9.59 Å². The van der Waals surface area contributed by atoms with Gasteiger partial charge in [0, 0.05) is 58.6 Å². The maximum absolute atomic E-state index is 13.6. The number of methoxy groups -OCH3 is 1. The summed E-state index contributed by atoms with van der Waals surface area (Å²) >= 11 is 0. The van der Waals surface area contributed by atoms with Gasteiger partial charge in [0.2, 0.25) is 0 Å². The topological polar surface area (TPSA) is 70.9 Å². The lowest BCUT2D eigenvalue weighted by atomic mass is 9.85. The maximum atomic E-state index is 13.6. The number of benzene rings is 1. The van der Waals surface area contributed by atoms with Crippen molar-refractivity contribution < 1.29 is 14.3 Å². The Kier molecular flexibility index (Phi) is 6.62. The fraction of sp³-hybridized carbons (Fsp3) is 0.542. The van der Waals surface area contributed by atoms with Gasteiger partial charge in [-0.05, 0) is 31.7 Å². The van der Waals surface area contributed by atoms with Gasteiger partial charge in [0.15, 0.2) is 0 Å². The number of aryl methyl sites for hydroxylation is 2.